The number of nitrogens with zero attached hydrogens (tertiary/aromatic N) is 1. The fourth-order valence-electron chi connectivity index (χ4n) is 1.50. The zero-order valence-electron chi connectivity index (χ0n) is 9.16. The molecule has 0 fully saturated rings. The summed E-state index contributed by atoms with van der Waals surface area (Å²) in [5, 5.41) is 3.24. The van der Waals surface area contributed by atoms with Crippen LogP contribution >= 0.6 is 15.9 Å². The number of hydrogen-bond acceptors (Lipinski definition) is 2. The summed E-state index contributed by atoms with van der Waals surface area (Å²) in [4.78, 5) is 4.05. The van der Waals surface area contributed by atoms with E-state index in [1.54, 1.807) is 18.3 Å². The van der Waals surface area contributed by atoms with E-state index in [1.807, 2.05) is 18.3 Å². The van der Waals surface area contributed by atoms with Gasteiger partial charge in [-0.3, -0.25) is 4.98 Å². The predicted molar refractivity (Wildman–Crippen MR) is 70.5 cm³/mol. The summed E-state index contributed by atoms with van der Waals surface area (Å²) in [6.45, 7) is 0.795. The molecule has 0 spiro atoms. The van der Waals surface area contributed by atoms with E-state index < -0.39 is 0 Å². The highest BCUT2D eigenvalue weighted by molar-refractivity contribution is 9.10. The van der Waals surface area contributed by atoms with E-state index >= 15 is 0 Å². The molecule has 1 N–H and O–H groups in total. The third-order valence-electron chi connectivity index (χ3n) is 2.39. The average molecular weight is 295 g/mol. The molecule has 0 bridgehead atoms. The van der Waals surface area contributed by atoms with Crippen molar-refractivity contribution < 1.29 is 4.39 Å². The molecule has 1 aromatic carbocycles. The van der Waals surface area contributed by atoms with Crippen LogP contribution in [-0.2, 0) is 6.42 Å². The van der Waals surface area contributed by atoms with Gasteiger partial charge in [-0.2, -0.15) is 0 Å². The molecule has 0 unspecified atom stereocenters. The van der Waals surface area contributed by atoms with Gasteiger partial charge in [-0.1, -0.05) is 6.07 Å². The minimum Gasteiger partial charge on any atom is -0.385 e. The number of rotatable bonds is 4. The molecule has 1 heterocycles. The van der Waals surface area contributed by atoms with Crippen LogP contribution in [0.3, 0.4) is 0 Å². The molecular formula is C13H12BrFN2. The number of anilines is 1. The summed E-state index contributed by atoms with van der Waals surface area (Å²) in [7, 11) is 0. The zero-order valence-corrected chi connectivity index (χ0v) is 10.7. The van der Waals surface area contributed by atoms with Gasteiger partial charge in [0.2, 0.25) is 0 Å². The third kappa shape index (κ3) is 3.53. The second kappa shape index (κ2) is 5.77. The third-order valence-corrected chi connectivity index (χ3v) is 2.99. The van der Waals surface area contributed by atoms with Crippen LogP contribution in [0.5, 0.6) is 0 Å². The summed E-state index contributed by atoms with van der Waals surface area (Å²) < 4.78 is 13.5. The summed E-state index contributed by atoms with van der Waals surface area (Å²) in [6, 6.07) is 8.86. The smallest absolute Gasteiger partial charge is 0.137 e. The van der Waals surface area contributed by atoms with Gasteiger partial charge in [0.05, 0.1) is 4.47 Å². The Bertz CT molecular complexity index is 488. The van der Waals surface area contributed by atoms with Gasteiger partial charge in [-0.15, -0.1) is 0 Å². The fourth-order valence-corrected chi connectivity index (χ4v) is 1.88. The Balaban J connectivity index is 1.88. The van der Waals surface area contributed by atoms with E-state index in [1.165, 1.54) is 11.6 Å². The summed E-state index contributed by atoms with van der Waals surface area (Å²) in [5.41, 5.74) is 2.09. The average Bonchev–Trinajstić information content (AvgIpc) is 2.35. The lowest BCUT2D eigenvalue weighted by atomic mass is 10.2. The molecule has 4 heteroatoms. The molecule has 2 aromatic rings. The molecular weight excluding hydrogens is 283 g/mol. The van der Waals surface area contributed by atoms with Gasteiger partial charge < -0.3 is 5.32 Å². The molecule has 0 saturated carbocycles. The summed E-state index contributed by atoms with van der Waals surface area (Å²) >= 11 is 3.16. The molecule has 0 atom stereocenters. The van der Waals surface area contributed by atoms with Crippen LogP contribution in [0.1, 0.15) is 5.56 Å². The van der Waals surface area contributed by atoms with Crippen molar-refractivity contribution in [2.45, 2.75) is 6.42 Å². The summed E-state index contributed by atoms with van der Waals surface area (Å²) in [6.07, 6.45) is 4.50. The number of benzene rings is 1. The molecule has 2 nitrogen and oxygen atoms in total. The van der Waals surface area contributed by atoms with Gasteiger partial charge in [0.1, 0.15) is 5.82 Å². The molecule has 0 radical (unpaired) electrons. The van der Waals surface area contributed by atoms with Crippen LogP contribution < -0.4 is 5.32 Å². The van der Waals surface area contributed by atoms with Crippen molar-refractivity contribution in [1.29, 1.82) is 0 Å². The van der Waals surface area contributed by atoms with Gasteiger partial charge in [0.15, 0.2) is 0 Å². The number of hydrogen-bond donors (Lipinski definition) is 1. The van der Waals surface area contributed by atoms with Crippen LogP contribution in [0.25, 0.3) is 0 Å². The molecule has 2 rings (SSSR count). The van der Waals surface area contributed by atoms with Crippen molar-refractivity contribution in [1.82, 2.24) is 4.98 Å². The van der Waals surface area contributed by atoms with Gasteiger partial charge in [-0.25, -0.2) is 4.39 Å². The first-order valence-corrected chi connectivity index (χ1v) is 6.13. The van der Waals surface area contributed by atoms with E-state index in [4.69, 9.17) is 0 Å². The topological polar surface area (TPSA) is 24.9 Å². The van der Waals surface area contributed by atoms with Crippen LogP contribution in [0.4, 0.5) is 10.1 Å². The van der Waals surface area contributed by atoms with Crippen LogP contribution in [0, 0.1) is 5.82 Å². The molecule has 0 aliphatic carbocycles. The molecule has 0 saturated heterocycles. The second-order valence-electron chi connectivity index (χ2n) is 3.67. The van der Waals surface area contributed by atoms with Gasteiger partial charge in [0, 0.05) is 24.6 Å². The largest absolute Gasteiger partial charge is 0.385 e. The molecule has 0 amide bonds. The lowest BCUT2D eigenvalue weighted by Gasteiger charge is -2.07. The van der Waals surface area contributed by atoms with Gasteiger partial charge >= 0.3 is 0 Å². The van der Waals surface area contributed by atoms with Gasteiger partial charge in [-0.05, 0) is 52.2 Å². The maximum absolute atomic E-state index is 13.0. The number of pyridine rings is 1. The quantitative estimate of drug-likeness (QED) is 0.931. The van der Waals surface area contributed by atoms with Crippen molar-refractivity contribution >= 4 is 21.6 Å². The molecule has 0 aliphatic rings. The molecule has 17 heavy (non-hydrogen) atoms. The van der Waals surface area contributed by atoms with Crippen molar-refractivity contribution in [3.63, 3.8) is 0 Å². The van der Waals surface area contributed by atoms with Crippen molar-refractivity contribution in [3.8, 4) is 0 Å². The standard InChI is InChI=1S/C13H12BrFN2/c14-12-8-11(3-4-13(12)15)17-7-5-10-2-1-6-16-9-10/h1-4,6,8-9,17H,5,7H2. The van der Waals surface area contributed by atoms with Crippen LogP contribution in [-0.4, -0.2) is 11.5 Å². The first-order valence-electron chi connectivity index (χ1n) is 5.33. The SMILES string of the molecule is Fc1ccc(NCCc2cccnc2)cc1Br. The first-order chi connectivity index (χ1) is 8.25. The van der Waals surface area contributed by atoms with Gasteiger partial charge in [0.25, 0.3) is 0 Å². The lowest BCUT2D eigenvalue weighted by Crippen LogP contribution is -2.05. The number of nitrogens with one attached hydrogen (secondary N) is 1. The highest BCUT2D eigenvalue weighted by Crippen LogP contribution is 2.19. The highest BCUT2D eigenvalue weighted by atomic mass is 79.9. The van der Waals surface area contributed by atoms with E-state index in [0.717, 1.165) is 18.7 Å². The zero-order chi connectivity index (χ0) is 12.1. The Kier molecular flexibility index (Phi) is 4.09. The van der Waals surface area contributed by atoms with E-state index in [2.05, 4.69) is 26.2 Å². The minimum atomic E-state index is -0.247. The first kappa shape index (κ1) is 12.0. The lowest BCUT2D eigenvalue weighted by molar-refractivity contribution is 0.621. The Morgan fingerprint density at radius 1 is 1.29 bits per heavy atom. The van der Waals surface area contributed by atoms with E-state index in [9.17, 15) is 4.39 Å². The molecule has 1 aromatic heterocycles. The van der Waals surface area contributed by atoms with Crippen molar-refractivity contribution in [2.75, 3.05) is 11.9 Å². The minimum absolute atomic E-state index is 0.247. The molecule has 0 aliphatic heterocycles. The summed E-state index contributed by atoms with van der Waals surface area (Å²) in [5.74, 6) is -0.247. The van der Waals surface area contributed by atoms with Crippen molar-refractivity contribution in [3.05, 3.63) is 58.6 Å². The highest BCUT2D eigenvalue weighted by Gasteiger charge is 1.99. The Hall–Kier alpha value is -1.42. The predicted octanol–water partition coefficient (Wildman–Crippen LogP) is 3.64. The maximum Gasteiger partial charge on any atom is 0.137 e. The number of aromatic nitrogens is 1. The Labute approximate surface area is 108 Å². The monoisotopic (exact) mass is 294 g/mol. The second-order valence-corrected chi connectivity index (χ2v) is 4.52. The van der Waals surface area contributed by atoms with Crippen molar-refractivity contribution in [2.24, 2.45) is 0 Å². The normalized spacial score (nSPS) is 10.2. The van der Waals surface area contributed by atoms with Crippen LogP contribution in [0.2, 0.25) is 0 Å². The van der Waals surface area contributed by atoms with Crippen LogP contribution in [0.15, 0.2) is 47.2 Å². The van der Waals surface area contributed by atoms with E-state index in [0.29, 0.717) is 4.47 Å². The Morgan fingerprint density at radius 2 is 2.18 bits per heavy atom. The van der Waals surface area contributed by atoms with E-state index in [-0.39, 0.29) is 5.82 Å². The maximum atomic E-state index is 13.0. The molecule has 88 valence electrons. The Morgan fingerprint density at radius 3 is 2.88 bits per heavy atom. The number of halogens is 2. The fraction of sp³-hybridized carbons (Fsp3) is 0.154.